The Labute approximate surface area is 90.5 Å². The molecule has 0 spiro atoms. The molecule has 1 rings (SSSR count). The maximum absolute atomic E-state index is 11.3. The average molecular weight is 211 g/mol. The molecule has 0 aromatic heterocycles. The van der Waals surface area contributed by atoms with E-state index in [-0.39, 0.29) is 12.2 Å². The van der Waals surface area contributed by atoms with Crippen LogP contribution in [0.15, 0.2) is 0 Å². The smallest absolute Gasteiger partial charge is 0.409 e. The van der Waals surface area contributed by atoms with E-state index in [9.17, 15) is 4.79 Å². The van der Waals surface area contributed by atoms with Gasteiger partial charge in [0, 0.05) is 0 Å². The zero-order valence-corrected chi connectivity index (χ0v) is 9.07. The van der Waals surface area contributed by atoms with Gasteiger partial charge in [-0.05, 0) is 6.42 Å². The van der Waals surface area contributed by atoms with Crippen molar-refractivity contribution in [3.05, 3.63) is 0 Å². The van der Waals surface area contributed by atoms with Gasteiger partial charge in [0.25, 0.3) is 0 Å². The molecule has 15 heavy (non-hydrogen) atoms. The van der Waals surface area contributed by atoms with Crippen LogP contribution in [0.1, 0.15) is 19.8 Å². The number of carbonyl (C=O) groups excluding carboxylic acids is 1. The molecule has 0 atom stereocenters. The van der Waals surface area contributed by atoms with Crippen LogP contribution in [-0.2, 0) is 9.47 Å². The Balaban J connectivity index is 2.05. The highest BCUT2D eigenvalue weighted by Gasteiger charge is 2.32. The fourth-order valence-electron chi connectivity index (χ4n) is 1.25. The van der Waals surface area contributed by atoms with Crippen LogP contribution < -0.4 is 0 Å². The molecule has 4 heteroatoms. The van der Waals surface area contributed by atoms with Gasteiger partial charge in [0.2, 0.25) is 0 Å². The first kappa shape index (κ1) is 11.9. The van der Waals surface area contributed by atoms with E-state index in [1.165, 1.54) is 0 Å². The highest BCUT2D eigenvalue weighted by Crippen LogP contribution is 2.12. The molecule has 0 radical (unpaired) electrons. The van der Waals surface area contributed by atoms with Gasteiger partial charge in [0.15, 0.2) is 0 Å². The number of hydrogen-bond acceptors (Lipinski definition) is 3. The van der Waals surface area contributed by atoms with Gasteiger partial charge in [-0.3, -0.25) is 0 Å². The quantitative estimate of drug-likeness (QED) is 0.507. The van der Waals surface area contributed by atoms with Crippen molar-refractivity contribution >= 4 is 6.09 Å². The van der Waals surface area contributed by atoms with E-state index in [4.69, 9.17) is 15.9 Å². The van der Waals surface area contributed by atoms with E-state index in [2.05, 4.69) is 12.8 Å². The van der Waals surface area contributed by atoms with Crippen molar-refractivity contribution in [3.8, 4) is 12.3 Å². The Hall–Kier alpha value is -1.21. The van der Waals surface area contributed by atoms with E-state index >= 15 is 0 Å². The molecule has 1 fully saturated rings. The first-order valence-corrected chi connectivity index (χ1v) is 5.24. The average Bonchev–Trinajstić information content (AvgIpc) is 2.16. The van der Waals surface area contributed by atoms with Gasteiger partial charge in [-0.25, -0.2) is 4.79 Å². The number of likely N-dealkylation sites (tertiary alicyclic amines) is 1. The standard InChI is InChI=1S/C11H17NO3/c1-3-5-7-15-11(13)12-8-10(9-12)14-6-4-2/h2,10H,3,5-9H2,1H3. The fourth-order valence-corrected chi connectivity index (χ4v) is 1.25. The largest absolute Gasteiger partial charge is 0.449 e. The van der Waals surface area contributed by atoms with Crippen LogP contribution in [0.5, 0.6) is 0 Å². The summed E-state index contributed by atoms with van der Waals surface area (Å²) in [4.78, 5) is 12.9. The summed E-state index contributed by atoms with van der Waals surface area (Å²) in [7, 11) is 0. The minimum absolute atomic E-state index is 0.0831. The van der Waals surface area contributed by atoms with Crippen LogP contribution in [0.25, 0.3) is 0 Å². The third-order valence-electron chi connectivity index (χ3n) is 2.23. The summed E-state index contributed by atoms with van der Waals surface area (Å²) >= 11 is 0. The number of nitrogens with zero attached hydrogens (tertiary/aromatic N) is 1. The molecule has 0 bridgehead atoms. The van der Waals surface area contributed by atoms with E-state index < -0.39 is 0 Å². The molecule has 0 aromatic rings. The zero-order chi connectivity index (χ0) is 11.1. The molecular formula is C11H17NO3. The molecule has 0 saturated carbocycles. The van der Waals surface area contributed by atoms with Gasteiger partial charge < -0.3 is 14.4 Å². The third kappa shape index (κ3) is 3.80. The maximum Gasteiger partial charge on any atom is 0.409 e. The molecule has 84 valence electrons. The van der Waals surface area contributed by atoms with Crippen LogP contribution in [0.4, 0.5) is 4.79 Å². The summed E-state index contributed by atoms with van der Waals surface area (Å²) in [6.45, 7) is 4.05. The molecule has 1 aliphatic heterocycles. The normalized spacial score (nSPS) is 15.6. The first-order valence-electron chi connectivity index (χ1n) is 5.24. The second-order valence-electron chi connectivity index (χ2n) is 3.51. The maximum atomic E-state index is 11.3. The van der Waals surface area contributed by atoms with Crippen molar-refractivity contribution in [1.82, 2.24) is 4.90 Å². The lowest BCUT2D eigenvalue weighted by Gasteiger charge is -2.37. The van der Waals surface area contributed by atoms with Crippen molar-refractivity contribution in [2.45, 2.75) is 25.9 Å². The summed E-state index contributed by atoms with van der Waals surface area (Å²) in [6, 6.07) is 0. The van der Waals surface area contributed by atoms with Crippen molar-refractivity contribution < 1.29 is 14.3 Å². The number of rotatable bonds is 5. The van der Waals surface area contributed by atoms with Gasteiger partial charge in [-0.2, -0.15) is 0 Å². The van der Waals surface area contributed by atoms with Gasteiger partial charge in [-0.15, -0.1) is 6.42 Å². The SMILES string of the molecule is C#CCOC1CN(C(=O)OCCCC)C1. The summed E-state index contributed by atoms with van der Waals surface area (Å²) in [5.74, 6) is 2.40. The Morgan fingerprint density at radius 1 is 1.60 bits per heavy atom. The molecule has 0 aliphatic carbocycles. The lowest BCUT2D eigenvalue weighted by Crippen LogP contribution is -2.55. The van der Waals surface area contributed by atoms with Gasteiger partial charge in [-0.1, -0.05) is 19.3 Å². The predicted molar refractivity (Wildman–Crippen MR) is 56.4 cm³/mol. The number of amides is 1. The number of hydrogen-bond donors (Lipinski definition) is 0. The van der Waals surface area contributed by atoms with Gasteiger partial charge in [0.1, 0.15) is 6.61 Å². The van der Waals surface area contributed by atoms with E-state index in [0.717, 1.165) is 12.8 Å². The van der Waals surface area contributed by atoms with Crippen LogP contribution >= 0.6 is 0 Å². The highest BCUT2D eigenvalue weighted by molar-refractivity contribution is 5.68. The Bertz CT molecular complexity index is 241. The molecule has 1 heterocycles. The summed E-state index contributed by atoms with van der Waals surface area (Å²) in [5, 5.41) is 0. The van der Waals surface area contributed by atoms with Crippen LogP contribution in [0.2, 0.25) is 0 Å². The topological polar surface area (TPSA) is 38.8 Å². The van der Waals surface area contributed by atoms with Crippen molar-refractivity contribution in [3.63, 3.8) is 0 Å². The van der Waals surface area contributed by atoms with Crippen molar-refractivity contribution in [2.75, 3.05) is 26.3 Å². The molecule has 1 amide bonds. The number of unbranched alkanes of at least 4 members (excludes halogenated alkanes) is 1. The first-order chi connectivity index (χ1) is 7.27. The second kappa shape index (κ2) is 6.31. The molecular weight excluding hydrogens is 194 g/mol. The minimum atomic E-state index is -0.246. The zero-order valence-electron chi connectivity index (χ0n) is 9.07. The third-order valence-corrected chi connectivity index (χ3v) is 2.23. The molecule has 1 aliphatic rings. The Morgan fingerprint density at radius 3 is 2.93 bits per heavy atom. The van der Waals surface area contributed by atoms with Crippen LogP contribution in [0.3, 0.4) is 0 Å². The minimum Gasteiger partial charge on any atom is -0.449 e. The molecule has 4 nitrogen and oxygen atoms in total. The predicted octanol–water partition coefficient (Wildman–Crippen LogP) is 1.26. The van der Waals surface area contributed by atoms with Crippen molar-refractivity contribution in [1.29, 1.82) is 0 Å². The molecule has 0 unspecified atom stereocenters. The number of terminal acetylenes is 1. The fraction of sp³-hybridized carbons (Fsp3) is 0.727. The van der Waals surface area contributed by atoms with Crippen molar-refractivity contribution in [2.24, 2.45) is 0 Å². The lowest BCUT2D eigenvalue weighted by molar-refractivity contribution is -0.0383. The van der Waals surface area contributed by atoms with Gasteiger partial charge >= 0.3 is 6.09 Å². The van der Waals surface area contributed by atoms with E-state index in [1.54, 1.807) is 4.90 Å². The summed E-state index contributed by atoms with van der Waals surface area (Å²) < 4.78 is 10.3. The number of carbonyl (C=O) groups is 1. The van der Waals surface area contributed by atoms with Crippen LogP contribution in [0, 0.1) is 12.3 Å². The molecule has 0 aromatic carbocycles. The van der Waals surface area contributed by atoms with E-state index in [1.807, 2.05) is 0 Å². The summed E-state index contributed by atoms with van der Waals surface area (Å²) in [5.41, 5.74) is 0. The lowest BCUT2D eigenvalue weighted by atomic mass is 10.2. The molecule has 1 saturated heterocycles. The molecule has 0 N–H and O–H groups in total. The monoisotopic (exact) mass is 211 g/mol. The Kier molecular flexibility index (Phi) is 4.99. The highest BCUT2D eigenvalue weighted by atomic mass is 16.6. The van der Waals surface area contributed by atoms with E-state index in [0.29, 0.717) is 26.3 Å². The van der Waals surface area contributed by atoms with Gasteiger partial charge in [0.05, 0.1) is 25.8 Å². The second-order valence-corrected chi connectivity index (χ2v) is 3.51. The Morgan fingerprint density at radius 2 is 2.33 bits per heavy atom. The number of ether oxygens (including phenoxy) is 2. The summed E-state index contributed by atoms with van der Waals surface area (Å²) in [6.07, 6.45) is 6.83. The van der Waals surface area contributed by atoms with Crippen LogP contribution in [-0.4, -0.2) is 43.4 Å².